The van der Waals surface area contributed by atoms with Gasteiger partial charge in [-0.1, -0.05) is 0 Å². The van der Waals surface area contributed by atoms with Crippen molar-refractivity contribution in [3.8, 4) is 12.1 Å². The molecule has 0 spiro atoms. The molecule has 0 bridgehead atoms. The molecule has 5 nitrogen and oxygen atoms in total. The summed E-state index contributed by atoms with van der Waals surface area (Å²) in [6.45, 7) is 0. The van der Waals surface area contributed by atoms with Gasteiger partial charge in [0.15, 0.2) is 5.82 Å². The number of pyridine rings is 1. The number of nitriles is 2. The van der Waals surface area contributed by atoms with E-state index in [1.165, 1.54) is 6.20 Å². The average Bonchev–Trinajstić information content (AvgIpc) is 2.42. The van der Waals surface area contributed by atoms with Crippen molar-refractivity contribution in [2.24, 2.45) is 0 Å². The first kappa shape index (κ1) is 12.9. The molecule has 6 heteroatoms. The first-order valence-electron chi connectivity index (χ1n) is 5.26. The second kappa shape index (κ2) is 5.38. The van der Waals surface area contributed by atoms with Gasteiger partial charge in [0.25, 0.3) is 0 Å². The zero-order valence-electron chi connectivity index (χ0n) is 9.68. The molecule has 19 heavy (non-hydrogen) atoms. The predicted molar refractivity (Wildman–Crippen MR) is 75.5 cm³/mol. The summed E-state index contributed by atoms with van der Waals surface area (Å²) in [5.74, 6) is 0.462. The van der Waals surface area contributed by atoms with Crippen LogP contribution in [-0.4, -0.2) is 4.98 Å². The monoisotopic (exact) mass is 313 g/mol. The van der Waals surface area contributed by atoms with Crippen LogP contribution in [0.25, 0.3) is 0 Å². The molecule has 0 atom stereocenters. The summed E-state index contributed by atoms with van der Waals surface area (Å²) in [5, 5.41) is 20.6. The number of rotatable bonds is 2. The van der Waals surface area contributed by atoms with Crippen LogP contribution in [0.15, 0.2) is 34.9 Å². The number of hydrogen-bond acceptors (Lipinski definition) is 5. The minimum atomic E-state index is 0.385. The van der Waals surface area contributed by atoms with E-state index >= 15 is 0 Å². The van der Waals surface area contributed by atoms with Crippen LogP contribution in [0, 0.1) is 22.7 Å². The van der Waals surface area contributed by atoms with Gasteiger partial charge in [0, 0.05) is 10.7 Å². The molecule has 0 radical (unpaired) electrons. The fraction of sp³-hybridized carbons (Fsp3) is 0. The van der Waals surface area contributed by atoms with Crippen molar-refractivity contribution in [1.82, 2.24) is 4.98 Å². The summed E-state index contributed by atoms with van der Waals surface area (Å²) in [6.07, 6.45) is 1.44. The Bertz CT molecular complexity index is 650. The van der Waals surface area contributed by atoms with Gasteiger partial charge in [-0.2, -0.15) is 10.5 Å². The van der Waals surface area contributed by atoms with E-state index in [9.17, 15) is 0 Å². The third-order valence-electron chi connectivity index (χ3n) is 2.40. The standard InChI is InChI=1S/C13H8BrN5/c14-10-3-8(5-15)1-2-12(10)19-13-11(17)4-9(6-16)7-18-13/h1-4,7H,17H2,(H,18,19). The topological polar surface area (TPSA) is 98.5 Å². The SMILES string of the molecule is N#Cc1cnc(Nc2ccc(C#N)cc2Br)c(N)c1. The van der Waals surface area contributed by atoms with Crippen molar-refractivity contribution in [2.75, 3.05) is 11.1 Å². The number of anilines is 3. The van der Waals surface area contributed by atoms with Crippen LogP contribution in [0.3, 0.4) is 0 Å². The Labute approximate surface area is 118 Å². The second-order valence-corrected chi connectivity index (χ2v) is 4.56. The molecule has 0 saturated carbocycles. The highest BCUT2D eigenvalue weighted by molar-refractivity contribution is 9.10. The van der Waals surface area contributed by atoms with Gasteiger partial charge in [0.2, 0.25) is 0 Å². The Hall–Kier alpha value is -2.57. The predicted octanol–water partition coefficient (Wildman–Crippen LogP) is 2.91. The summed E-state index contributed by atoms with van der Waals surface area (Å²) >= 11 is 3.36. The van der Waals surface area contributed by atoms with E-state index in [-0.39, 0.29) is 0 Å². The highest BCUT2D eigenvalue weighted by Gasteiger charge is 2.06. The highest BCUT2D eigenvalue weighted by Crippen LogP contribution is 2.28. The molecule has 1 heterocycles. The smallest absolute Gasteiger partial charge is 0.153 e. The average molecular weight is 314 g/mol. The molecule has 2 rings (SSSR count). The highest BCUT2D eigenvalue weighted by atomic mass is 79.9. The Balaban J connectivity index is 2.32. The maximum Gasteiger partial charge on any atom is 0.153 e. The van der Waals surface area contributed by atoms with Gasteiger partial charge in [0.05, 0.1) is 28.6 Å². The van der Waals surface area contributed by atoms with Crippen LogP contribution in [0.2, 0.25) is 0 Å². The molecule has 1 aromatic carbocycles. The second-order valence-electron chi connectivity index (χ2n) is 3.71. The minimum Gasteiger partial charge on any atom is -0.396 e. The largest absolute Gasteiger partial charge is 0.396 e. The number of benzene rings is 1. The molecule has 1 aromatic heterocycles. The van der Waals surface area contributed by atoms with E-state index in [1.807, 2.05) is 6.07 Å². The first-order valence-corrected chi connectivity index (χ1v) is 6.05. The van der Waals surface area contributed by atoms with Crippen LogP contribution in [-0.2, 0) is 0 Å². The maximum atomic E-state index is 8.79. The Morgan fingerprint density at radius 2 is 1.89 bits per heavy atom. The van der Waals surface area contributed by atoms with Gasteiger partial charge in [0.1, 0.15) is 6.07 Å². The fourth-order valence-electron chi connectivity index (χ4n) is 1.46. The van der Waals surface area contributed by atoms with E-state index in [0.29, 0.717) is 22.6 Å². The number of nitrogens with two attached hydrogens (primary N) is 1. The van der Waals surface area contributed by atoms with Crippen molar-refractivity contribution in [3.05, 3.63) is 46.1 Å². The molecular formula is C13H8BrN5. The van der Waals surface area contributed by atoms with Gasteiger partial charge in [-0.25, -0.2) is 4.98 Å². The Morgan fingerprint density at radius 3 is 2.47 bits per heavy atom. The van der Waals surface area contributed by atoms with Crippen LogP contribution in [0.1, 0.15) is 11.1 Å². The molecule has 0 aliphatic carbocycles. The Kier molecular flexibility index (Phi) is 3.65. The van der Waals surface area contributed by atoms with Crippen molar-refractivity contribution in [3.63, 3.8) is 0 Å². The minimum absolute atomic E-state index is 0.385. The molecular weight excluding hydrogens is 306 g/mol. The number of nitrogens with zero attached hydrogens (tertiary/aromatic N) is 3. The first-order chi connectivity index (χ1) is 9.13. The van der Waals surface area contributed by atoms with Crippen LogP contribution in [0.5, 0.6) is 0 Å². The lowest BCUT2D eigenvalue weighted by atomic mass is 10.2. The number of nitrogen functional groups attached to an aromatic ring is 1. The maximum absolute atomic E-state index is 8.79. The molecule has 0 aliphatic rings. The van der Waals surface area contributed by atoms with Crippen LogP contribution >= 0.6 is 15.9 Å². The summed E-state index contributed by atoms with van der Waals surface area (Å²) in [5.41, 5.74) is 7.89. The Morgan fingerprint density at radius 1 is 1.16 bits per heavy atom. The lowest BCUT2D eigenvalue weighted by Gasteiger charge is -2.10. The van der Waals surface area contributed by atoms with E-state index in [1.54, 1.807) is 24.3 Å². The number of hydrogen-bond donors (Lipinski definition) is 2. The number of nitrogens with one attached hydrogen (secondary N) is 1. The zero-order valence-corrected chi connectivity index (χ0v) is 11.3. The summed E-state index contributed by atoms with van der Waals surface area (Å²) in [7, 11) is 0. The van der Waals surface area contributed by atoms with Crippen molar-refractivity contribution in [2.45, 2.75) is 0 Å². The molecule has 0 unspecified atom stereocenters. The molecule has 0 saturated heterocycles. The lowest BCUT2D eigenvalue weighted by Crippen LogP contribution is -2.00. The third-order valence-corrected chi connectivity index (χ3v) is 3.05. The summed E-state index contributed by atoms with van der Waals surface area (Å²) in [6, 6.07) is 10.7. The number of aromatic nitrogens is 1. The zero-order chi connectivity index (χ0) is 13.8. The van der Waals surface area contributed by atoms with Gasteiger partial charge < -0.3 is 11.1 Å². The van der Waals surface area contributed by atoms with E-state index < -0.39 is 0 Å². The van der Waals surface area contributed by atoms with Crippen molar-refractivity contribution in [1.29, 1.82) is 10.5 Å². The lowest BCUT2D eigenvalue weighted by molar-refractivity contribution is 1.29. The van der Waals surface area contributed by atoms with Gasteiger partial charge in [-0.15, -0.1) is 0 Å². The molecule has 92 valence electrons. The number of halogens is 1. The molecule has 0 aliphatic heterocycles. The van der Waals surface area contributed by atoms with E-state index in [2.05, 4.69) is 32.3 Å². The van der Waals surface area contributed by atoms with E-state index in [0.717, 1.165) is 10.2 Å². The van der Waals surface area contributed by atoms with Crippen molar-refractivity contribution < 1.29 is 0 Å². The van der Waals surface area contributed by atoms with E-state index in [4.69, 9.17) is 16.3 Å². The fourth-order valence-corrected chi connectivity index (χ4v) is 1.94. The quantitative estimate of drug-likeness (QED) is 0.888. The third kappa shape index (κ3) is 2.82. The molecule has 3 N–H and O–H groups in total. The molecule has 0 fully saturated rings. The van der Waals surface area contributed by atoms with Crippen molar-refractivity contribution >= 4 is 33.1 Å². The summed E-state index contributed by atoms with van der Waals surface area (Å²) < 4.78 is 0.733. The molecule has 2 aromatic rings. The van der Waals surface area contributed by atoms with Gasteiger partial charge in [-0.3, -0.25) is 0 Å². The van der Waals surface area contributed by atoms with Gasteiger partial charge in [-0.05, 0) is 40.2 Å². The molecule has 0 amide bonds. The normalized spacial score (nSPS) is 9.42. The summed E-state index contributed by atoms with van der Waals surface area (Å²) in [4.78, 5) is 4.08. The van der Waals surface area contributed by atoms with Crippen LogP contribution in [0.4, 0.5) is 17.2 Å². The van der Waals surface area contributed by atoms with Gasteiger partial charge >= 0.3 is 0 Å². The van der Waals surface area contributed by atoms with Crippen LogP contribution < -0.4 is 11.1 Å².